The monoisotopic (exact) mass is 734 g/mol. The minimum atomic E-state index is -3.71. The third-order valence-corrected chi connectivity index (χ3v) is 70.7. The molecule has 0 bridgehead atoms. The molecule has 0 radical (unpaired) electrons. The van der Waals surface area contributed by atoms with Crippen molar-refractivity contribution < 1.29 is 17.1 Å². The summed E-state index contributed by atoms with van der Waals surface area (Å²) in [6.07, 6.45) is 10.2. The standard InChI is InChI=1S/2C18H17.C2H6Si.2CH3.Hf/c2*1-13(2)15-8-3-9-16(12-15)18-11-5-7-14-6-4-10-17(14)18;1-3-2;;;/h2*3-13H,1-2H3;1-2H3;2*1H3;. The first-order chi connectivity index (χ1) is 20.0. The molecule has 2 unspecified atom stereocenters. The van der Waals surface area contributed by atoms with Crippen LogP contribution >= 0.6 is 0 Å². The zero-order chi connectivity index (χ0) is 29.8. The predicted octanol–water partition coefficient (Wildman–Crippen LogP) is 12.1. The first-order valence-corrected chi connectivity index (χ1v) is 35.1. The Morgan fingerprint density at radius 3 is 1.36 bits per heavy atom. The molecule has 0 aromatic heterocycles. The Morgan fingerprint density at radius 1 is 0.571 bits per heavy atom. The maximum atomic E-state index is 2.82. The summed E-state index contributed by atoms with van der Waals surface area (Å²) in [7, 11) is 0. The van der Waals surface area contributed by atoms with Crippen LogP contribution in [-0.4, -0.2) is 5.49 Å². The summed E-state index contributed by atoms with van der Waals surface area (Å²) in [4.78, 5) is 0. The van der Waals surface area contributed by atoms with Crippen molar-refractivity contribution in [1.29, 1.82) is 0 Å². The topological polar surface area (TPSA) is 0 Å². The predicted molar refractivity (Wildman–Crippen MR) is 185 cm³/mol. The molecule has 0 amide bonds. The second-order valence-corrected chi connectivity index (χ2v) is 63.4. The van der Waals surface area contributed by atoms with E-state index >= 15 is 0 Å². The Bertz CT molecular complexity index is 1700. The van der Waals surface area contributed by atoms with E-state index in [1.54, 1.807) is 11.1 Å². The molecule has 0 nitrogen and oxygen atoms in total. The van der Waals surface area contributed by atoms with Gasteiger partial charge in [-0.25, -0.2) is 0 Å². The van der Waals surface area contributed by atoms with Crippen LogP contribution in [0.4, 0.5) is 0 Å². The molecule has 42 heavy (non-hydrogen) atoms. The maximum absolute atomic E-state index is 3.71. The summed E-state index contributed by atoms with van der Waals surface area (Å²) >= 11 is -3.71. The van der Waals surface area contributed by atoms with E-state index in [1.165, 1.54) is 44.5 Å². The van der Waals surface area contributed by atoms with Crippen molar-refractivity contribution in [3.63, 3.8) is 0 Å². The molecule has 4 aromatic rings. The average Bonchev–Trinajstić information content (AvgIpc) is 3.63. The third kappa shape index (κ3) is 4.65. The first kappa shape index (κ1) is 29.5. The van der Waals surface area contributed by atoms with Gasteiger partial charge in [-0.2, -0.15) is 0 Å². The molecule has 2 aliphatic carbocycles. The second-order valence-electron chi connectivity index (χ2n) is 14.5. The Hall–Kier alpha value is -2.55. The summed E-state index contributed by atoms with van der Waals surface area (Å²) in [6.45, 7) is 14.4. The fourth-order valence-electron chi connectivity index (χ4n) is 7.67. The van der Waals surface area contributed by atoms with E-state index in [1.807, 2.05) is 0 Å². The number of benzene rings is 4. The van der Waals surface area contributed by atoms with Crippen molar-refractivity contribution in [1.82, 2.24) is 0 Å². The van der Waals surface area contributed by atoms with Gasteiger partial charge < -0.3 is 0 Å². The van der Waals surface area contributed by atoms with Crippen LogP contribution in [0.15, 0.2) is 97.1 Å². The van der Waals surface area contributed by atoms with Crippen molar-refractivity contribution in [3.8, 4) is 22.3 Å². The molecule has 0 aliphatic heterocycles. The molecule has 2 heteroatoms. The van der Waals surface area contributed by atoms with Gasteiger partial charge in [-0.15, -0.1) is 0 Å². The molecule has 2 aliphatic rings. The van der Waals surface area contributed by atoms with Gasteiger partial charge >= 0.3 is 257 Å². The number of rotatable bonds is 6. The van der Waals surface area contributed by atoms with Crippen LogP contribution in [0.1, 0.15) is 80.3 Å². The molecule has 2 atom stereocenters. The molecular formula is C40H46HfSi. The van der Waals surface area contributed by atoms with Crippen molar-refractivity contribution in [2.45, 2.75) is 69.3 Å². The van der Waals surface area contributed by atoms with Crippen molar-refractivity contribution in [2.24, 2.45) is 0 Å². The van der Waals surface area contributed by atoms with Gasteiger partial charge in [-0.1, -0.05) is 0 Å². The van der Waals surface area contributed by atoms with Crippen LogP contribution in [0.25, 0.3) is 34.4 Å². The molecule has 0 spiro atoms. The van der Waals surface area contributed by atoms with Gasteiger partial charge in [0.2, 0.25) is 0 Å². The van der Waals surface area contributed by atoms with Crippen LogP contribution in [0.3, 0.4) is 0 Å². The van der Waals surface area contributed by atoms with E-state index in [0.29, 0.717) is 19.2 Å². The summed E-state index contributed by atoms with van der Waals surface area (Å²) < 4.78 is 6.75. The zero-order valence-corrected chi connectivity index (χ0v) is 31.3. The van der Waals surface area contributed by atoms with Crippen molar-refractivity contribution in [2.75, 3.05) is 0 Å². The molecule has 4 aromatic carbocycles. The first-order valence-electron chi connectivity index (χ1n) is 15.8. The van der Waals surface area contributed by atoms with E-state index in [9.17, 15) is 0 Å². The van der Waals surface area contributed by atoms with Gasteiger partial charge in [0.1, 0.15) is 0 Å². The molecular weight excluding hydrogens is 687 g/mol. The number of hydrogen-bond acceptors (Lipinski definition) is 0. The Balaban J connectivity index is 1.48. The Labute approximate surface area is 255 Å². The summed E-state index contributed by atoms with van der Waals surface area (Å²) in [5.74, 6) is 1.06. The molecule has 0 saturated heterocycles. The molecule has 214 valence electrons. The average molecular weight is 733 g/mol. The van der Waals surface area contributed by atoms with E-state index < -0.39 is 22.6 Å². The fraction of sp³-hybridized carbons (Fsp3) is 0.300. The van der Waals surface area contributed by atoms with E-state index in [0.717, 1.165) is 0 Å². The second kappa shape index (κ2) is 10.9. The molecule has 0 saturated carbocycles. The van der Waals surface area contributed by atoms with Crippen molar-refractivity contribution in [3.05, 3.63) is 130 Å². The van der Waals surface area contributed by atoms with Gasteiger partial charge in [0.25, 0.3) is 0 Å². The third-order valence-electron chi connectivity index (χ3n) is 11.1. The van der Waals surface area contributed by atoms with E-state index in [-0.39, 0.29) is 0 Å². The van der Waals surface area contributed by atoms with Crippen LogP contribution in [0, 0.1) is 0 Å². The van der Waals surface area contributed by atoms with Gasteiger partial charge in [-0.3, -0.25) is 0 Å². The van der Waals surface area contributed by atoms with Gasteiger partial charge in [0, 0.05) is 0 Å². The fourth-order valence-corrected chi connectivity index (χ4v) is 41.5. The number of allylic oxidation sites excluding steroid dienone is 2. The Morgan fingerprint density at radius 2 is 0.976 bits per heavy atom. The normalized spacial score (nSPS) is 17.7. The summed E-state index contributed by atoms with van der Waals surface area (Å²) in [5, 5.41) is 0. The minimum absolute atomic E-state index is 0.529. The summed E-state index contributed by atoms with van der Waals surface area (Å²) in [6, 6.07) is 32.7. The van der Waals surface area contributed by atoms with Gasteiger partial charge in [0.15, 0.2) is 0 Å². The van der Waals surface area contributed by atoms with Crippen LogP contribution in [0.5, 0.6) is 0 Å². The molecule has 0 N–H and O–H groups in total. The zero-order valence-electron chi connectivity index (χ0n) is 26.7. The van der Waals surface area contributed by atoms with Crippen LogP contribution in [-0.2, 0) is 17.1 Å². The molecule has 6 rings (SSSR count). The molecule has 0 fully saturated rings. The van der Waals surface area contributed by atoms with Crippen LogP contribution in [0.2, 0.25) is 22.5 Å². The Kier molecular flexibility index (Phi) is 7.63. The number of fused-ring (bicyclic) bond motifs is 2. The van der Waals surface area contributed by atoms with Gasteiger partial charge in [0.05, 0.1) is 0 Å². The summed E-state index contributed by atoms with van der Waals surface area (Å²) in [5.41, 5.74) is 13.8. The van der Waals surface area contributed by atoms with Crippen LogP contribution < -0.4 is 0 Å². The molecule has 0 heterocycles. The quantitative estimate of drug-likeness (QED) is 0.173. The van der Waals surface area contributed by atoms with Crippen molar-refractivity contribution >= 4 is 17.6 Å². The van der Waals surface area contributed by atoms with E-state index in [2.05, 4.69) is 159 Å². The number of hydrogen-bond donors (Lipinski definition) is 0. The van der Waals surface area contributed by atoms with E-state index in [4.69, 9.17) is 0 Å². The SMILES string of the molecule is CC(C)c1cccc(-c2cccc3c2C=C[CH]3[Hf]([CH3])([CH3])([CH]2C=Cc3c(-c4cccc(C(C)C)c4)cccc32)=[Si](C)C)c1. The van der Waals surface area contributed by atoms with Gasteiger partial charge in [-0.05, 0) is 0 Å².